The van der Waals surface area contributed by atoms with E-state index in [9.17, 15) is 18.0 Å². The first-order valence-corrected chi connectivity index (χ1v) is 5.78. The van der Waals surface area contributed by atoms with E-state index in [0.29, 0.717) is 13.1 Å². The maximum atomic E-state index is 13.0. The lowest BCUT2D eigenvalue weighted by molar-refractivity contribution is 0.200. The molecule has 0 atom stereocenters. The van der Waals surface area contributed by atoms with Crippen LogP contribution in [-0.4, -0.2) is 24.0 Å². The number of hydrogen-bond acceptors (Lipinski definition) is 1. The zero-order chi connectivity index (χ0) is 13.1. The van der Waals surface area contributed by atoms with Gasteiger partial charge in [0, 0.05) is 30.9 Å². The minimum absolute atomic E-state index is 0.0815. The highest BCUT2D eigenvalue weighted by Gasteiger charge is 2.18. The van der Waals surface area contributed by atoms with Crippen LogP contribution in [0.4, 0.5) is 23.7 Å². The van der Waals surface area contributed by atoms with Gasteiger partial charge < -0.3 is 10.2 Å². The maximum Gasteiger partial charge on any atom is 0.321 e. The third-order valence-electron chi connectivity index (χ3n) is 2.88. The number of nitrogens with zero attached hydrogens (tertiary/aromatic N) is 1. The van der Waals surface area contributed by atoms with Crippen molar-refractivity contribution in [2.24, 2.45) is 0 Å². The Morgan fingerprint density at radius 1 is 1.06 bits per heavy atom. The lowest BCUT2D eigenvalue weighted by atomic mass is 10.1. The van der Waals surface area contributed by atoms with E-state index in [-0.39, 0.29) is 5.69 Å². The minimum Gasteiger partial charge on any atom is -0.325 e. The Kier molecular flexibility index (Phi) is 3.74. The van der Waals surface area contributed by atoms with Gasteiger partial charge in [-0.05, 0) is 19.3 Å². The molecule has 1 aliphatic rings. The molecule has 3 nitrogen and oxygen atoms in total. The fourth-order valence-corrected chi connectivity index (χ4v) is 1.93. The van der Waals surface area contributed by atoms with Crippen LogP contribution in [0.5, 0.6) is 0 Å². The Bertz CT molecular complexity index is 436. The van der Waals surface area contributed by atoms with Crippen LogP contribution < -0.4 is 5.32 Å². The number of anilines is 1. The van der Waals surface area contributed by atoms with Crippen molar-refractivity contribution >= 4 is 11.7 Å². The van der Waals surface area contributed by atoms with Crippen LogP contribution in [0.2, 0.25) is 0 Å². The number of likely N-dealkylation sites (tertiary alicyclic amines) is 1. The SMILES string of the molecule is O=C(Nc1cc(F)c(F)c(F)c1)N1CCCCC1. The Morgan fingerprint density at radius 3 is 2.17 bits per heavy atom. The van der Waals surface area contributed by atoms with Gasteiger partial charge in [0.05, 0.1) is 0 Å². The average Bonchev–Trinajstić information content (AvgIpc) is 2.37. The summed E-state index contributed by atoms with van der Waals surface area (Å²) in [6.45, 7) is 1.25. The summed E-state index contributed by atoms with van der Waals surface area (Å²) < 4.78 is 38.6. The minimum atomic E-state index is -1.54. The van der Waals surface area contributed by atoms with Gasteiger partial charge in [-0.2, -0.15) is 0 Å². The molecule has 1 aromatic rings. The highest BCUT2D eigenvalue weighted by atomic mass is 19.2. The molecule has 1 fully saturated rings. The van der Waals surface area contributed by atoms with Crippen molar-refractivity contribution < 1.29 is 18.0 Å². The zero-order valence-corrected chi connectivity index (χ0v) is 9.68. The Hall–Kier alpha value is -1.72. The summed E-state index contributed by atoms with van der Waals surface area (Å²) in [5.74, 6) is -4.17. The number of benzene rings is 1. The van der Waals surface area contributed by atoms with Crippen LogP contribution in [0, 0.1) is 17.5 Å². The second-order valence-corrected chi connectivity index (χ2v) is 4.23. The first-order valence-electron chi connectivity index (χ1n) is 5.78. The highest BCUT2D eigenvalue weighted by Crippen LogP contribution is 2.18. The van der Waals surface area contributed by atoms with Crippen molar-refractivity contribution in [3.63, 3.8) is 0 Å². The molecule has 1 aromatic carbocycles. The Morgan fingerprint density at radius 2 is 1.61 bits per heavy atom. The summed E-state index contributed by atoms with van der Waals surface area (Å²) >= 11 is 0. The van der Waals surface area contributed by atoms with Gasteiger partial charge in [-0.3, -0.25) is 0 Å². The molecule has 2 rings (SSSR count). The summed E-state index contributed by atoms with van der Waals surface area (Å²) in [4.78, 5) is 13.3. The van der Waals surface area contributed by atoms with Gasteiger partial charge in [-0.1, -0.05) is 0 Å². The first kappa shape index (κ1) is 12.7. The molecule has 0 bridgehead atoms. The number of nitrogens with one attached hydrogen (secondary N) is 1. The van der Waals surface area contributed by atoms with E-state index in [2.05, 4.69) is 5.32 Å². The molecular formula is C12H13F3N2O. The number of piperidine rings is 1. The number of halogens is 3. The van der Waals surface area contributed by atoms with E-state index in [1.165, 1.54) is 0 Å². The topological polar surface area (TPSA) is 32.3 Å². The van der Waals surface area contributed by atoms with Gasteiger partial charge in [0.25, 0.3) is 0 Å². The predicted molar refractivity (Wildman–Crippen MR) is 60.8 cm³/mol. The lowest BCUT2D eigenvalue weighted by Gasteiger charge is -2.26. The van der Waals surface area contributed by atoms with Crippen LogP contribution in [0.3, 0.4) is 0 Å². The van der Waals surface area contributed by atoms with Crippen LogP contribution in [0.1, 0.15) is 19.3 Å². The molecule has 6 heteroatoms. The van der Waals surface area contributed by atoms with Crippen LogP contribution >= 0.6 is 0 Å². The number of carbonyl (C=O) groups is 1. The molecule has 1 aliphatic heterocycles. The predicted octanol–water partition coefficient (Wildman–Crippen LogP) is 3.12. The van der Waals surface area contributed by atoms with E-state index in [1.54, 1.807) is 4.90 Å². The summed E-state index contributed by atoms with van der Waals surface area (Å²) in [7, 11) is 0. The largest absolute Gasteiger partial charge is 0.325 e. The Balaban J connectivity index is 2.06. The molecule has 0 radical (unpaired) electrons. The van der Waals surface area contributed by atoms with Crippen molar-refractivity contribution in [3.8, 4) is 0 Å². The van der Waals surface area contributed by atoms with Crippen LogP contribution in [0.25, 0.3) is 0 Å². The van der Waals surface area contributed by atoms with Crippen molar-refractivity contribution in [1.82, 2.24) is 4.90 Å². The molecule has 0 aliphatic carbocycles. The van der Waals surface area contributed by atoms with E-state index in [4.69, 9.17) is 0 Å². The molecule has 1 N–H and O–H groups in total. The van der Waals surface area contributed by atoms with Crippen molar-refractivity contribution in [2.75, 3.05) is 18.4 Å². The molecule has 2 amide bonds. The van der Waals surface area contributed by atoms with Crippen molar-refractivity contribution in [2.45, 2.75) is 19.3 Å². The van der Waals surface area contributed by atoms with Gasteiger partial charge >= 0.3 is 6.03 Å². The van der Waals surface area contributed by atoms with Gasteiger partial charge in [-0.25, -0.2) is 18.0 Å². The maximum absolute atomic E-state index is 13.0. The van der Waals surface area contributed by atoms with E-state index in [1.807, 2.05) is 0 Å². The first-order chi connectivity index (χ1) is 8.58. The number of rotatable bonds is 1. The molecule has 1 saturated heterocycles. The van der Waals surface area contributed by atoms with Gasteiger partial charge in [0.2, 0.25) is 0 Å². The molecular weight excluding hydrogens is 245 g/mol. The van der Waals surface area contributed by atoms with Crippen molar-refractivity contribution in [1.29, 1.82) is 0 Å². The van der Waals surface area contributed by atoms with E-state index in [0.717, 1.165) is 31.4 Å². The molecule has 98 valence electrons. The summed E-state index contributed by atoms with van der Waals surface area (Å²) in [5, 5.41) is 2.36. The van der Waals surface area contributed by atoms with Gasteiger partial charge in [0.1, 0.15) is 0 Å². The second-order valence-electron chi connectivity index (χ2n) is 4.23. The number of urea groups is 1. The summed E-state index contributed by atoms with van der Waals surface area (Å²) in [5.41, 5.74) is -0.0815. The lowest BCUT2D eigenvalue weighted by Crippen LogP contribution is -2.38. The van der Waals surface area contributed by atoms with E-state index >= 15 is 0 Å². The quantitative estimate of drug-likeness (QED) is 0.771. The molecule has 0 aromatic heterocycles. The standard InChI is InChI=1S/C12H13F3N2O/c13-9-6-8(7-10(14)11(9)15)16-12(18)17-4-2-1-3-5-17/h6-7H,1-5H2,(H,16,18). The van der Waals surface area contributed by atoms with Gasteiger partial charge in [0.15, 0.2) is 17.5 Å². The van der Waals surface area contributed by atoms with Crippen molar-refractivity contribution in [3.05, 3.63) is 29.6 Å². The third-order valence-corrected chi connectivity index (χ3v) is 2.88. The van der Waals surface area contributed by atoms with Crippen LogP contribution in [0.15, 0.2) is 12.1 Å². The summed E-state index contributed by atoms with van der Waals surface area (Å²) in [6.07, 6.45) is 2.91. The molecule has 1 heterocycles. The van der Waals surface area contributed by atoms with Crippen LogP contribution in [-0.2, 0) is 0 Å². The number of hydrogen-bond donors (Lipinski definition) is 1. The Labute approximate surface area is 103 Å². The van der Waals surface area contributed by atoms with E-state index < -0.39 is 23.5 Å². The molecule has 18 heavy (non-hydrogen) atoms. The molecule has 0 unspecified atom stereocenters. The average molecular weight is 258 g/mol. The fraction of sp³-hybridized carbons (Fsp3) is 0.417. The second kappa shape index (κ2) is 5.29. The fourth-order valence-electron chi connectivity index (χ4n) is 1.93. The molecule has 0 spiro atoms. The number of carbonyl (C=O) groups excluding carboxylic acids is 1. The normalized spacial score (nSPS) is 15.6. The monoisotopic (exact) mass is 258 g/mol. The third kappa shape index (κ3) is 2.75. The molecule has 0 saturated carbocycles. The smallest absolute Gasteiger partial charge is 0.321 e. The summed E-state index contributed by atoms with van der Waals surface area (Å²) in [6, 6.07) is 1.11. The zero-order valence-electron chi connectivity index (χ0n) is 9.68. The van der Waals surface area contributed by atoms with Gasteiger partial charge in [-0.15, -0.1) is 0 Å². The highest BCUT2D eigenvalue weighted by molar-refractivity contribution is 5.89. The number of amides is 2.